The Morgan fingerprint density at radius 2 is 1.95 bits per heavy atom. The highest BCUT2D eigenvalue weighted by Crippen LogP contribution is 2.18. The first-order chi connectivity index (χ1) is 10.1. The molecule has 21 heavy (non-hydrogen) atoms. The average molecular weight is 291 g/mol. The number of piperazine rings is 1. The first kappa shape index (κ1) is 15.9. The van der Waals surface area contributed by atoms with Gasteiger partial charge in [0, 0.05) is 26.2 Å². The van der Waals surface area contributed by atoms with E-state index < -0.39 is 5.54 Å². The second-order valence-electron chi connectivity index (χ2n) is 5.92. The Balaban J connectivity index is 2.04. The summed E-state index contributed by atoms with van der Waals surface area (Å²) in [5, 5.41) is 15.8. The minimum absolute atomic E-state index is 0.0488. The molecule has 0 spiro atoms. The molecular formula is C16H25N3O2. The van der Waals surface area contributed by atoms with Crippen LogP contribution in [0.4, 0.5) is 0 Å². The molecule has 1 aliphatic rings. The lowest BCUT2D eigenvalue weighted by atomic mass is 9.98. The van der Waals surface area contributed by atoms with Crippen LogP contribution in [-0.2, 0) is 4.79 Å². The Morgan fingerprint density at radius 3 is 2.52 bits per heavy atom. The highest BCUT2D eigenvalue weighted by atomic mass is 16.3. The Labute approximate surface area is 126 Å². The molecule has 1 aliphatic heterocycles. The van der Waals surface area contributed by atoms with E-state index in [1.807, 2.05) is 44.2 Å². The number of hydrogen-bond donors (Lipinski definition) is 3. The topological polar surface area (TPSA) is 64.6 Å². The Hall–Kier alpha value is -1.43. The van der Waals surface area contributed by atoms with Gasteiger partial charge in [-0.3, -0.25) is 9.69 Å². The van der Waals surface area contributed by atoms with Gasteiger partial charge in [0.2, 0.25) is 5.91 Å². The highest BCUT2D eigenvalue weighted by molar-refractivity contribution is 5.85. The molecule has 1 heterocycles. The molecule has 0 aliphatic carbocycles. The molecule has 1 aromatic carbocycles. The Kier molecular flexibility index (Phi) is 5.33. The van der Waals surface area contributed by atoms with Crippen LogP contribution in [-0.4, -0.2) is 54.2 Å². The number of aliphatic hydroxyl groups is 1. The number of amides is 1. The number of nitrogens with zero attached hydrogens (tertiary/aromatic N) is 1. The van der Waals surface area contributed by atoms with Crippen molar-refractivity contribution >= 4 is 5.91 Å². The summed E-state index contributed by atoms with van der Waals surface area (Å²) >= 11 is 0. The minimum atomic E-state index is -0.579. The van der Waals surface area contributed by atoms with E-state index in [4.69, 9.17) is 0 Å². The number of nitrogens with one attached hydrogen (secondary N) is 2. The second kappa shape index (κ2) is 7.02. The van der Waals surface area contributed by atoms with Crippen LogP contribution in [0.1, 0.15) is 25.5 Å². The van der Waals surface area contributed by atoms with Crippen LogP contribution in [0.15, 0.2) is 30.3 Å². The van der Waals surface area contributed by atoms with Gasteiger partial charge in [0.15, 0.2) is 0 Å². The molecule has 3 N–H and O–H groups in total. The van der Waals surface area contributed by atoms with E-state index in [-0.39, 0.29) is 18.6 Å². The van der Waals surface area contributed by atoms with Crippen molar-refractivity contribution in [2.24, 2.45) is 0 Å². The number of hydrogen-bond acceptors (Lipinski definition) is 4. The molecule has 0 radical (unpaired) electrons. The van der Waals surface area contributed by atoms with Crippen LogP contribution in [0.25, 0.3) is 0 Å². The fraction of sp³-hybridized carbons (Fsp3) is 0.562. The van der Waals surface area contributed by atoms with Crippen molar-refractivity contribution in [3.05, 3.63) is 35.9 Å². The average Bonchev–Trinajstić information content (AvgIpc) is 2.54. The van der Waals surface area contributed by atoms with E-state index in [1.54, 1.807) is 0 Å². The molecule has 0 aromatic heterocycles. The quantitative estimate of drug-likeness (QED) is 0.740. The van der Waals surface area contributed by atoms with Crippen molar-refractivity contribution in [1.82, 2.24) is 15.5 Å². The smallest absolute Gasteiger partial charge is 0.240 e. The summed E-state index contributed by atoms with van der Waals surface area (Å²) in [6.07, 6.45) is 0. The minimum Gasteiger partial charge on any atom is -0.394 e. The van der Waals surface area contributed by atoms with Crippen LogP contribution >= 0.6 is 0 Å². The van der Waals surface area contributed by atoms with Crippen molar-refractivity contribution in [3.8, 4) is 0 Å². The molecule has 116 valence electrons. The lowest BCUT2D eigenvalue weighted by molar-refractivity contribution is -0.133. The maximum absolute atomic E-state index is 12.6. The molecule has 1 saturated heterocycles. The summed E-state index contributed by atoms with van der Waals surface area (Å²) in [6, 6.07) is 9.21. The normalized spacial score (nSPS) is 18.2. The van der Waals surface area contributed by atoms with Crippen molar-refractivity contribution in [2.45, 2.75) is 25.4 Å². The number of carbonyl (C=O) groups is 1. The molecule has 0 bridgehead atoms. The van der Waals surface area contributed by atoms with Gasteiger partial charge >= 0.3 is 0 Å². The lowest BCUT2D eigenvalue weighted by Gasteiger charge is -2.40. The third-order valence-corrected chi connectivity index (χ3v) is 4.15. The summed E-state index contributed by atoms with van der Waals surface area (Å²) in [6.45, 7) is 7.29. The number of aliphatic hydroxyl groups excluding tert-OH is 1. The van der Waals surface area contributed by atoms with E-state index in [0.29, 0.717) is 0 Å². The zero-order valence-electron chi connectivity index (χ0n) is 12.8. The molecule has 5 heteroatoms. The summed E-state index contributed by atoms with van der Waals surface area (Å²) < 4.78 is 0. The van der Waals surface area contributed by atoms with Gasteiger partial charge in [-0.05, 0) is 19.4 Å². The summed E-state index contributed by atoms with van der Waals surface area (Å²) in [5.74, 6) is -0.0488. The summed E-state index contributed by atoms with van der Waals surface area (Å²) in [7, 11) is 0. The van der Waals surface area contributed by atoms with E-state index in [1.165, 1.54) is 0 Å². The van der Waals surface area contributed by atoms with E-state index in [0.717, 1.165) is 31.7 Å². The molecule has 2 rings (SSSR count). The molecule has 1 atom stereocenters. The van der Waals surface area contributed by atoms with E-state index in [9.17, 15) is 9.90 Å². The summed E-state index contributed by atoms with van der Waals surface area (Å²) in [4.78, 5) is 14.8. The predicted octanol–water partition coefficient (Wildman–Crippen LogP) is 0.520. The van der Waals surface area contributed by atoms with Crippen LogP contribution in [0.3, 0.4) is 0 Å². The van der Waals surface area contributed by atoms with Crippen molar-refractivity contribution in [3.63, 3.8) is 0 Å². The molecule has 1 aromatic rings. The lowest BCUT2D eigenvalue weighted by Crippen LogP contribution is -2.60. The van der Waals surface area contributed by atoms with E-state index >= 15 is 0 Å². The molecule has 0 unspecified atom stereocenters. The van der Waals surface area contributed by atoms with Gasteiger partial charge in [0.1, 0.15) is 0 Å². The Morgan fingerprint density at radius 1 is 1.33 bits per heavy atom. The first-order valence-corrected chi connectivity index (χ1v) is 7.48. The van der Waals surface area contributed by atoms with Crippen molar-refractivity contribution in [1.29, 1.82) is 0 Å². The second-order valence-corrected chi connectivity index (χ2v) is 5.92. The molecule has 5 nitrogen and oxygen atoms in total. The zero-order chi connectivity index (χ0) is 15.3. The first-order valence-electron chi connectivity index (χ1n) is 7.48. The molecule has 1 amide bonds. The van der Waals surface area contributed by atoms with Crippen molar-refractivity contribution < 1.29 is 9.90 Å². The van der Waals surface area contributed by atoms with Gasteiger partial charge in [-0.2, -0.15) is 0 Å². The van der Waals surface area contributed by atoms with Crippen LogP contribution in [0, 0.1) is 0 Å². The third kappa shape index (κ3) is 3.81. The number of benzene rings is 1. The SMILES string of the molecule is CC(C)(C(=O)N[C@@H](CO)c1ccccc1)N1CCNCC1. The Bertz CT molecular complexity index is 456. The third-order valence-electron chi connectivity index (χ3n) is 4.15. The zero-order valence-corrected chi connectivity index (χ0v) is 12.8. The standard InChI is InChI=1S/C16H25N3O2/c1-16(2,19-10-8-17-9-11-19)15(21)18-14(12-20)13-6-4-3-5-7-13/h3-7,14,17,20H,8-12H2,1-2H3,(H,18,21)/t14-/m0/s1. The van der Waals surface area contributed by atoms with Crippen LogP contribution < -0.4 is 10.6 Å². The summed E-state index contributed by atoms with van der Waals surface area (Å²) in [5.41, 5.74) is 0.342. The fourth-order valence-electron chi connectivity index (χ4n) is 2.62. The molecule has 0 saturated carbocycles. The fourth-order valence-corrected chi connectivity index (χ4v) is 2.62. The van der Waals surface area contributed by atoms with Crippen LogP contribution in [0.2, 0.25) is 0 Å². The maximum atomic E-state index is 12.6. The predicted molar refractivity (Wildman–Crippen MR) is 82.9 cm³/mol. The molecular weight excluding hydrogens is 266 g/mol. The monoisotopic (exact) mass is 291 g/mol. The van der Waals surface area contributed by atoms with Gasteiger partial charge in [0.25, 0.3) is 0 Å². The van der Waals surface area contributed by atoms with E-state index in [2.05, 4.69) is 15.5 Å². The number of rotatable bonds is 5. The van der Waals surface area contributed by atoms with Crippen molar-refractivity contribution in [2.75, 3.05) is 32.8 Å². The number of carbonyl (C=O) groups excluding carboxylic acids is 1. The maximum Gasteiger partial charge on any atom is 0.240 e. The largest absolute Gasteiger partial charge is 0.394 e. The van der Waals surface area contributed by atoms with Gasteiger partial charge in [-0.15, -0.1) is 0 Å². The molecule has 1 fully saturated rings. The van der Waals surface area contributed by atoms with Gasteiger partial charge in [-0.1, -0.05) is 30.3 Å². The van der Waals surface area contributed by atoms with Gasteiger partial charge < -0.3 is 15.7 Å². The van der Waals surface area contributed by atoms with Gasteiger partial charge in [-0.25, -0.2) is 0 Å². The van der Waals surface area contributed by atoms with Gasteiger partial charge in [0.05, 0.1) is 18.2 Å². The highest BCUT2D eigenvalue weighted by Gasteiger charge is 2.36. The van der Waals surface area contributed by atoms with Crippen LogP contribution in [0.5, 0.6) is 0 Å².